The molecule has 6 nitrogen and oxygen atoms in total. The first-order chi connectivity index (χ1) is 9.64. The summed E-state index contributed by atoms with van der Waals surface area (Å²) in [7, 11) is 0. The van der Waals surface area contributed by atoms with Crippen LogP contribution in [-0.2, 0) is 4.74 Å². The van der Waals surface area contributed by atoms with Gasteiger partial charge in [-0.25, -0.2) is 9.18 Å². The number of rotatable bonds is 4. The van der Waals surface area contributed by atoms with Crippen LogP contribution >= 0.6 is 0 Å². The second-order valence-corrected chi connectivity index (χ2v) is 5.56. The molecule has 0 saturated carbocycles. The van der Waals surface area contributed by atoms with Crippen LogP contribution in [0.25, 0.3) is 0 Å². The van der Waals surface area contributed by atoms with Gasteiger partial charge in [-0.05, 0) is 38.5 Å². The van der Waals surface area contributed by atoms with Gasteiger partial charge in [0.15, 0.2) is 0 Å². The van der Waals surface area contributed by atoms with Gasteiger partial charge >= 0.3 is 6.09 Å². The number of nitrogens with one attached hydrogen (secondary N) is 1. The molecule has 1 amide bonds. The van der Waals surface area contributed by atoms with E-state index in [2.05, 4.69) is 5.32 Å². The number of aliphatic hydroxyl groups is 3. The Bertz CT molecular complexity index is 501. The maximum absolute atomic E-state index is 13.8. The van der Waals surface area contributed by atoms with E-state index >= 15 is 0 Å². The van der Waals surface area contributed by atoms with Crippen LogP contribution in [0.1, 0.15) is 32.4 Å². The number of carbonyl (C=O) groups excluding carboxylic acids is 1. The van der Waals surface area contributed by atoms with Gasteiger partial charge in [-0.1, -0.05) is 6.07 Å². The normalized spacial score (nSPS) is 14.4. The van der Waals surface area contributed by atoms with E-state index in [9.17, 15) is 19.4 Å². The van der Waals surface area contributed by atoms with Crippen molar-refractivity contribution in [2.24, 2.45) is 0 Å². The standard InChI is InChI=1S/C14H20FNO5/c1-14(2,3)21-13(20)16-10-5-4-8(6-9(10)15)12(19)11(18)7-17/h4-6,11-12,17-19H,7H2,1-3H3,(H,16,20). The summed E-state index contributed by atoms with van der Waals surface area (Å²) in [4.78, 5) is 11.5. The summed E-state index contributed by atoms with van der Waals surface area (Å²) in [6.45, 7) is 4.39. The summed E-state index contributed by atoms with van der Waals surface area (Å²) >= 11 is 0. The molecule has 4 N–H and O–H groups in total. The molecule has 0 saturated heterocycles. The third-order valence-corrected chi connectivity index (χ3v) is 2.52. The van der Waals surface area contributed by atoms with Gasteiger partial charge in [0, 0.05) is 0 Å². The Morgan fingerprint density at radius 1 is 1.38 bits per heavy atom. The molecular weight excluding hydrogens is 281 g/mol. The quantitative estimate of drug-likeness (QED) is 0.676. The fourth-order valence-corrected chi connectivity index (χ4v) is 1.55. The molecule has 0 heterocycles. The lowest BCUT2D eigenvalue weighted by Gasteiger charge is -2.20. The highest BCUT2D eigenvalue weighted by Gasteiger charge is 2.20. The lowest BCUT2D eigenvalue weighted by Crippen LogP contribution is -2.27. The van der Waals surface area contributed by atoms with Crippen molar-refractivity contribution in [3.8, 4) is 0 Å². The Balaban J connectivity index is 2.82. The average Bonchev–Trinajstić information content (AvgIpc) is 2.37. The van der Waals surface area contributed by atoms with E-state index in [0.717, 1.165) is 6.07 Å². The van der Waals surface area contributed by atoms with Crippen LogP contribution < -0.4 is 5.32 Å². The van der Waals surface area contributed by atoms with Gasteiger partial charge in [0.25, 0.3) is 0 Å². The van der Waals surface area contributed by atoms with Crippen molar-refractivity contribution in [3.05, 3.63) is 29.6 Å². The number of ether oxygens (including phenoxy) is 1. The van der Waals surface area contributed by atoms with Gasteiger partial charge in [-0.15, -0.1) is 0 Å². The maximum atomic E-state index is 13.8. The summed E-state index contributed by atoms with van der Waals surface area (Å²) in [5, 5.41) is 29.9. The van der Waals surface area contributed by atoms with Gasteiger partial charge in [0.05, 0.1) is 12.3 Å². The minimum absolute atomic E-state index is 0.0868. The Hall–Kier alpha value is -1.70. The Kier molecular flexibility index (Phi) is 5.65. The third-order valence-electron chi connectivity index (χ3n) is 2.52. The predicted molar refractivity (Wildman–Crippen MR) is 74.3 cm³/mol. The first-order valence-electron chi connectivity index (χ1n) is 6.40. The van der Waals surface area contributed by atoms with E-state index < -0.39 is 36.3 Å². The molecule has 1 aromatic carbocycles. The van der Waals surface area contributed by atoms with Crippen molar-refractivity contribution in [3.63, 3.8) is 0 Å². The van der Waals surface area contributed by atoms with Crippen LogP contribution in [0, 0.1) is 5.82 Å². The number of anilines is 1. The molecular formula is C14H20FNO5. The van der Waals surface area contributed by atoms with Crippen molar-refractivity contribution in [2.75, 3.05) is 11.9 Å². The highest BCUT2D eigenvalue weighted by Crippen LogP contribution is 2.23. The van der Waals surface area contributed by atoms with E-state index in [1.165, 1.54) is 12.1 Å². The van der Waals surface area contributed by atoms with Crippen molar-refractivity contribution < 1.29 is 29.2 Å². The molecule has 0 spiro atoms. The smallest absolute Gasteiger partial charge is 0.412 e. The van der Waals surface area contributed by atoms with Crippen molar-refractivity contribution in [1.29, 1.82) is 0 Å². The molecule has 118 valence electrons. The number of halogens is 1. The van der Waals surface area contributed by atoms with Crippen molar-refractivity contribution in [2.45, 2.75) is 38.6 Å². The molecule has 2 atom stereocenters. The molecule has 0 aliphatic carbocycles. The zero-order valence-electron chi connectivity index (χ0n) is 12.1. The largest absolute Gasteiger partial charge is 0.444 e. The topological polar surface area (TPSA) is 99.0 Å². The lowest BCUT2D eigenvalue weighted by molar-refractivity contribution is -0.0153. The molecule has 0 aromatic heterocycles. The predicted octanol–water partition coefficient (Wildman–Crippen LogP) is 1.56. The first kappa shape index (κ1) is 17.4. The van der Waals surface area contributed by atoms with Crippen molar-refractivity contribution >= 4 is 11.8 Å². The van der Waals surface area contributed by atoms with E-state index in [-0.39, 0.29) is 11.3 Å². The maximum Gasteiger partial charge on any atom is 0.412 e. The van der Waals surface area contributed by atoms with Crippen LogP contribution in [0.5, 0.6) is 0 Å². The highest BCUT2D eigenvalue weighted by atomic mass is 19.1. The van der Waals surface area contributed by atoms with E-state index in [4.69, 9.17) is 9.84 Å². The molecule has 0 aliphatic rings. The van der Waals surface area contributed by atoms with E-state index in [1.807, 2.05) is 0 Å². The molecule has 0 bridgehead atoms. The van der Waals surface area contributed by atoms with Crippen LogP contribution in [0.15, 0.2) is 18.2 Å². The van der Waals surface area contributed by atoms with Gasteiger partial charge in [0.1, 0.15) is 23.6 Å². The fourth-order valence-electron chi connectivity index (χ4n) is 1.55. The number of aliphatic hydroxyl groups excluding tert-OH is 3. The number of benzene rings is 1. The van der Waals surface area contributed by atoms with Crippen LogP contribution in [0.3, 0.4) is 0 Å². The monoisotopic (exact) mass is 301 g/mol. The molecule has 0 radical (unpaired) electrons. The number of amides is 1. The summed E-state index contributed by atoms with van der Waals surface area (Å²) < 4.78 is 18.8. The van der Waals surface area contributed by atoms with E-state index in [1.54, 1.807) is 20.8 Å². The molecule has 7 heteroatoms. The Labute approximate surface area is 122 Å². The second-order valence-electron chi connectivity index (χ2n) is 5.56. The number of hydrogen-bond donors (Lipinski definition) is 4. The molecule has 0 aliphatic heterocycles. The molecule has 21 heavy (non-hydrogen) atoms. The molecule has 1 aromatic rings. The zero-order valence-corrected chi connectivity index (χ0v) is 12.1. The van der Waals surface area contributed by atoms with Gasteiger partial charge in [-0.3, -0.25) is 5.32 Å². The molecule has 1 rings (SSSR count). The van der Waals surface area contributed by atoms with Crippen LogP contribution in [0.4, 0.5) is 14.9 Å². The van der Waals surface area contributed by atoms with E-state index in [0.29, 0.717) is 0 Å². The van der Waals surface area contributed by atoms with Crippen molar-refractivity contribution in [1.82, 2.24) is 0 Å². The summed E-state index contributed by atoms with van der Waals surface area (Å²) in [5.41, 5.74) is -0.732. The lowest BCUT2D eigenvalue weighted by atomic mass is 10.0. The Morgan fingerprint density at radius 3 is 2.48 bits per heavy atom. The Morgan fingerprint density at radius 2 is 2.00 bits per heavy atom. The average molecular weight is 301 g/mol. The SMILES string of the molecule is CC(C)(C)OC(=O)Nc1ccc(C(O)C(O)CO)cc1F. The van der Waals surface area contributed by atoms with Gasteiger partial charge in [-0.2, -0.15) is 0 Å². The van der Waals surface area contributed by atoms with Crippen LogP contribution in [-0.4, -0.2) is 39.7 Å². The fraction of sp³-hybridized carbons (Fsp3) is 0.500. The second kappa shape index (κ2) is 6.84. The highest BCUT2D eigenvalue weighted by molar-refractivity contribution is 5.85. The van der Waals surface area contributed by atoms with Gasteiger partial charge < -0.3 is 20.1 Å². The summed E-state index contributed by atoms with van der Waals surface area (Å²) in [6.07, 6.45) is -3.63. The third kappa shape index (κ3) is 5.30. The minimum Gasteiger partial charge on any atom is -0.444 e. The number of carbonyl (C=O) groups is 1. The summed E-state index contributed by atoms with van der Waals surface area (Å²) in [6, 6.07) is 3.54. The number of hydrogen-bond acceptors (Lipinski definition) is 5. The zero-order chi connectivity index (χ0) is 16.2. The van der Waals surface area contributed by atoms with Gasteiger partial charge in [0.2, 0.25) is 0 Å². The minimum atomic E-state index is -1.42. The first-order valence-corrected chi connectivity index (χ1v) is 6.40. The molecule has 0 fully saturated rings. The molecule has 2 unspecified atom stereocenters. The summed E-state index contributed by atoms with van der Waals surface area (Å²) in [5.74, 6) is -0.789. The van der Waals surface area contributed by atoms with Crippen LogP contribution in [0.2, 0.25) is 0 Å².